The Hall–Kier alpha value is -1.32. The molecule has 0 spiro atoms. The fraction of sp³-hybridized carbons (Fsp3) is 0.214. The van der Waals surface area contributed by atoms with Crippen molar-refractivity contribution in [2.24, 2.45) is 0 Å². The number of hydrogen-bond acceptors (Lipinski definition) is 2. The van der Waals surface area contributed by atoms with E-state index in [0.29, 0.717) is 16.3 Å². The Balaban J connectivity index is 2.24. The number of benzene rings is 1. The van der Waals surface area contributed by atoms with Crippen molar-refractivity contribution in [3.63, 3.8) is 0 Å². The molecule has 0 unspecified atom stereocenters. The summed E-state index contributed by atoms with van der Waals surface area (Å²) in [6.45, 7) is 5.90. The Bertz CT molecular complexity index is 604. The molecule has 94 valence electrons. The molecule has 0 aliphatic rings. The van der Waals surface area contributed by atoms with Crippen LogP contribution >= 0.6 is 22.9 Å². The molecule has 0 radical (unpaired) electrons. The number of nitrogens with one attached hydrogen (secondary N) is 1. The molecule has 2 aromatic rings. The fourth-order valence-electron chi connectivity index (χ4n) is 1.77. The highest BCUT2D eigenvalue weighted by Gasteiger charge is 2.13. The maximum atomic E-state index is 12.1. The molecule has 1 amide bonds. The quantitative estimate of drug-likeness (QED) is 0.857. The normalized spacial score (nSPS) is 10.4. The number of amides is 1. The van der Waals surface area contributed by atoms with Crippen molar-refractivity contribution < 1.29 is 4.79 Å². The predicted molar refractivity (Wildman–Crippen MR) is 77.9 cm³/mol. The van der Waals surface area contributed by atoms with Gasteiger partial charge in [0.05, 0.1) is 16.3 Å². The molecule has 0 atom stereocenters. The fourth-order valence-corrected chi connectivity index (χ4v) is 2.97. The van der Waals surface area contributed by atoms with E-state index in [1.54, 1.807) is 11.3 Å². The van der Waals surface area contributed by atoms with E-state index in [2.05, 4.69) is 5.32 Å². The zero-order valence-electron chi connectivity index (χ0n) is 10.5. The molecule has 0 saturated heterocycles. The van der Waals surface area contributed by atoms with Crippen LogP contribution in [0.1, 0.15) is 25.7 Å². The summed E-state index contributed by atoms with van der Waals surface area (Å²) < 4.78 is 0. The number of rotatable bonds is 2. The molecule has 18 heavy (non-hydrogen) atoms. The van der Waals surface area contributed by atoms with Crippen LogP contribution in [0.3, 0.4) is 0 Å². The predicted octanol–water partition coefficient (Wildman–Crippen LogP) is 4.58. The van der Waals surface area contributed by atoms with Crippen molar-refractivity contribution in [1.82, 2.24) is 0 Å². The second-order valence-corrected chi connectivity index (χ2v) is 6.13. The number of anilines is 1. The van der Waals surface area contributed by atoms with E-state index in [1.807, 2.05) is 45.0 Å². The highest BCUT2D eigenvalue weighted by Crippen LogP contribution is 2.25. The average Bonchev–Trinajstić information content (AvgIpc) is 2.62. The van der Waals surface area contributed by atoms with Crippen LogP contribution in [0.15, 0.2) is 24.3 Å². The van der Waals surface area contributed by atoms with Gasteiger partial charge in [0.1, 0.15) is 0 Å². The van der Waals surface area contributed by atoms with E-state index < -0.39 is 0 Å². The summed E-state index contributed by atoms with van der Waals surface area (Å²) in [6.07, 6.45) is 0. The summed E-state index contributed by atoms with van der Waals surface area (Å²) in [7, 11) is 0. The molecule has 1 aromatic heterocycles. The number of halogens is 1. The Labute approximate surface area is 116 Å². The van der Waals surface area contributed by atoms with Crippen molar-refractivity contribution in [3.05, 3.63) is 50.2 Å². The zero-order chi connectivity index (χ0) is 13.3. The van der Waals surface area contributed by atoms with Crippen LogP contribution in [0, 0.1) is 20.8 Å². The van der Waals surface area contributed by atoms with E-state index >= 15 is 0 Å². The average molecular weight is 280 g/mol. The molecule has 2 rings (SSSR count). The lowest BCUT2D eigenvalue weighted by Gasteiger charge is -2.07. The standard InChI is InChI=1S/C14H14ClNOS/c1-8-4-5-13(12(15)6-8)16-14(17)11-7-9(2)18-10(11)3/h4-7H,1-3H3,(H,16,17). The first-order valence-corrected chi connectivity index (χ1v) is 6.81. The smallest absolute Gasteiger partial charge is 0.256 e. The van der Waals surface area contributed by atoms with Gasteiger partial charge < -0.3 is 5.32 Å². The lowest BCUT2D eigenvalue weighted by Crippen LogP contribution is -2.12. The van der Waals surface area contributed by atoms with Crippen molar-refractivity contribution in [2.45, 2.75) is 20.8 Å². The van der Waals surface area contributed by atoms with Crippen molar-refractivity contribution >= 4 is 34.5 Å². The largest absolute Gasteiger partial charge is 0.321 e. The Kier molecular flexibility index (Phi) is 3.73. The minimum Gasteiger partial charge on any atom is -0.321 e. The number of hydrogen-bond donors (Lipinski definition) is 1. The van der Waals surface area contributed by atoms with Gasteiger partial charge in [0.15, 0.2) is 0 Å². The van der Waals surface area contributed by atoms with Gasteiger partial charge in [0, 0.05) is 9.75 Å². The Morgan fingerprint density at radius 3 is 2.50 bits per heavy atom. The molecule has 2 nitrogen and oxygen atoms in total. The van der Waals surface area contributed by atoms with Crippen LogP contribution in [0.2, 0.25) is 5.02 Å². The molecule has 0 bridgehead atoms. The third kappa shape index (κ3) is 2.74. The van der Waals surface area contributed by atoms with Gasteiger partial charge in [0.2, 0.25) is 0 Å². The first-order valence-electron chi connectivity index (χ1n) is 5.62. The summed E-state index contributed by atoms with van der Waals surface area (Å²) in [6, 6.07) is 7.48. The Morgan fingerprint density at radius 1 is 1.22 bits per heavy atom. The Morgan fingerprint density at radius 2 is 1.94 bits per heavy atom. The lowest BCUT2D eigenvalue weighted by molar-refractivity contribution is 0.102. The summed E-state index contributed by atoms with van der Waals surface area (Å²) in [5, 5.41) is 3.41. The molecule has 1 heterocycles. The second kappa shape index (κ2) is 5.12. The number of thiophene rings is 1. The number of aryl methyl sites for hydroxylation is 3. The van der Waals surface area contributed by atoms with Gasteiger partial charge in [-0.25, -0.2) is 0 Å². The van der Waals surface area contributed by atoms with Gasteiger partial charge in [-0.2, -0.15) is 0 Å². The van der Waals surface area contributed by atoms with Crippen LogP contribution in [0.4, 0.5) is 5.69 Å². The van der Waals surface area contributed by atoms with Gasteiger partial charge in [-0.3, -0.25) is 4.79 Å². The van der Waals surface area contributed by atoms with E-state index in [9.17, 15) is 4.79 Å². The summed E-state index contributed by atoms with van der Waals surface area (Å²) >= 11 is 7.71. The molecular weight excluding hydrogens is 266 g/mol. The van der Waals surface area contributed by atoms with Crippen LogP contribution in [-0.2, 0) is 0 Å². The van der Waals surface area contributed by atoms with Crippen molar-refractivity contribution in [2.75, 3.05) is 5.32 Å². The van der Waals surface area contributed by atoms with Gasteiger partial charge >= 0.3 is 0 Å². The second-order valence-electron chi connectivity index (χ2n) is 4.26. The van der Waals surface area contributed by atoms with Crippen LogP contribution in [0.25, 0.3) is 0 Å². The topological polar surface area (TPSA) is 29.1 Å². The highest BCUT2D eigenvalue weighted by molar-refractivity contribution is 7.12. The summed E-state index contributed by atoms with van der Waals surface area (Å²) in [5.41, 5.74) is 2.44. The first-order chi connectivity index (χ1) is 8.47. The molecular formula is C14H14ClNOS. The summed E-state index contributed by atoms with van der Waals surface area (Å²) in [5.74, 6) is -0.109. The molecule has 0 aliphatic heterocycles. The van der Waals surface area contributed by atoms with E-state index in [-0.39, 0.29) is 5.91 Å². The minimum atomic E-state index is -0.109. The highest BCUT2D eigenvalue weighted by atomic mass is 35.5. The maximum Gasteiger partial charge on any atom is 0.256 e. The lowest BCUT2D eigenvalue weighted by atomic mass is 10.2. The monoisotopic (exact) mass is 279 g/mol. The SMILES string of the molecule is Cc1ccc(NC(=O)c2cc(C)sc2C)c(Cl)c1. The van der Waals surface area contributed by atoms with Crippen LogP contribution < -0.4 is 5.32 Å². The third-order valence-corrected chi connectivity index (χ3v) is 3.94. The summed E-state index contributed by atoms with van der Waals surface area (Å²) in [4.78, 5) is 14.3. The maximum absolute atomic E-state index is 12.1. The molecule has 1 aromatic carbocycles. The molecule has 1 N–H and O–H groups in total. The van der Waals surface area contributed by atoms with Crippen molar-refractivity contribution in [1.29, 1.82) is 0 Å². The minimum absolute atomic E-state index is 0.109. The van der Waals surface area contributed by atoms with E-state index in [4.69, 9.17) is 11.6 Å². The van der Waals surface area contributed by atoms with Gasteiger partial charge in [-0.05, 0) is 44.5 Å². The van der Waals surface area contributed by atoms with Crippen LogP contribution in [-0.4, -0.2) is 5.91 Å². The zero-order valence-corrected chi connectivity index (χ0v) is 12.1. The molecule has 4 heteroatoms. The number of carbonyl (C=O) groups excluding carboxylic acids is 1. The van der Waals surface area contributed by atoms with Gasteiger partial charge in [-0.15, -0.1) is 11.3 Å². The van der Waals surface area contributed by atoms with Crippen molar-refractivity contribution in [3.8, 4) is 0 Å². The van der Waals surface area contributed by atoms with E-state index in [0.717, 1.165) is 15.3 Å². The molecule has 0 aliphatic carbocycles. The first kappa shape index (κ1) is 13.1. The van der Waals surface area contributed by atoms with Gasteiger partial charge in [-0.1, -0.05) is 17.7 Å². The van der Waals surface area contributed by atoms with Crippen LogP contribution in [0.5, 0.6) is 0 Å². The molecule has 0 saturated carbocycles. The van der Waals surface area contributed by atoms with Gasteiger partial charge in [0.25, 0.3) is 5.91 Å². The van der Waals surface area contributed by atoms with E-state index in [1.165, 1.54) is 0 Å². The molecule has 0 fully saturated rings. The third-order valence-electron chi connectivity index (χ3n) is 2.66. The number of carbonyl (C=O) groups is 1.